The Labute approximate surface area is 130 Å². The van der Waals surface area contributed by atoms with Gasteiger partial charge in [0.1, 0.15) is 5.84 Å². The van der Waals surface area contributed by atoms with Gasteiger partial charge < -0.3 is 0 Å². The van der Waals surface area contributed by atoms with Crippen molar-refractivity contribution in [1.29, 1.82) is 0 Å². The molecule has 3 aromatic rings. The van der Waals surface area contributed by atoms with Crippen molar-refractivity contribution < 1.29 is 0 Å². The third kappa shape index (κ3) is 2.51. The molecule has 0 aliphatic carbocycles. The summed E-state index contributed by atoms with van der Waals surface area (Å²) in [6, 6.07) is 27.0. The maximum Gasteiger partial charge on any atom is 0.134 e. The van der Waals surface area contributed by atoms with Gasteiger partial charge in [-0.15, -0.1) is 0 Å². The zero-order valence-electron chi connectivity index (χ0n) is 12.1. The molecule has 1 aliphatic rings. The summed E-state index contributed by atoms with van der Waals surface area (Å²) in [5.41, 5.74) is 5.65. The van der Waals surface area contributed by atoms with Crippen molar-refractivity contribution in [3.63, 3.8) is 0 Å². The van der Waals surface area contributed by atoms with Gasteiger partial charge in [0.25, 0.3) is 0 Å². The van der Waals surface area contributed by atoms with Gasteiger partial charge in [-0.2, -0.15) is 0 Å². The van der Waals surface area contributed by atoms with Crippen molar-refractivity contribution in [3.05, 3.63) is 84.4 Å². The van der Waals surface area contributed by atoms with Crippen molar-refractivity contribution in [2.24, 2.45) is 4.99 Å². The molecule has 105 valence electrons. The molecule has 0 amide bonds. The van der Waals surface area contributed by atoms with E-state index in [1.807, 2.05) is 30.3 Å². The molecule has 0 N–H and O–H groups in total. The monoisotopic (exact) mass is 283 g/mol. The fourth-order valence-electron chi connectivity index (χ4n) is 2.66. The van der Waals surface area contributed by atoms with Gasteiger partial charge in [-0.3, -0.25) is 0 Å². The van der Waals surface area contributed by atoms with Gasteiger partial charge in [0, 0.05) is 6.42 Å². The van der Waals surface area contributed by atoms with Crippen molar-refractivity contribution >= 4 is 17.2 Å². The van der Waals surface area contributed by atoms with Crippen LogP contribution in [0.3, 0.4) is 0 Å². The number of nitrogens with zero attached hydrogens (tertiary/aromatic N) is 2. The van der Waals surface area contributed by atoms with E-state index in [9.17, 15) is 0 Å². The minimum Gasteiger partial charge on any atom is -0.231 e. The van der Waals surface area contributed by atoms with E-state index in [4.69, 9.17) is 0 Å². The zero-order chi connectivity index (χ0) is 14.8. The lowest BCUT2D eigenvalue weighted by Gasteiger charge is -2.04. The van der Waals surface area contributed by atoms with Crippen LogP contribution in [0.25, 0.3) is 11.1 Å². The summed E-state index contributed by atoms with van der Waals surface area (Å²) in [5, 5.41) is 4.58. The Hall–Kier alpha value is -2.87. The van der Waals surface area contributed by atoms with Crippen LogP contribution in [0.4, 0.5) is 11.4 Å². The van der Waals surface area contributed by atoms with Crippen LogP contribution in [-0.4, -0.2) is 5.84 Å². The molecule has 1 aliphatic heterocycles. The minimum absolute atomic E-state index is 0.768. The maximum absolute atomic E-state index is 4.58. The highest BCUT2D eigenvalue weighted by Crippen LogP contribution is 2.30. The topological polar surface area (TPSA) is 26.5 Å². The lowest BCUT2D eigenvalue weighted by atomic mass is 10.0. The summed E-state index contributed by atoms with van der Waals surface area (Å²) >= 11 is 0. The van der Waals surface area contributed by atoms with Crippen LogP contribution in [-0.2, 0) is 6.42 Å². The molecule has 0 aromatic heterocycles. The van der Waals surface area contributed by atoms with Crippen LogP contribution in [0, 0.1) is 0 Å². The van der Waals surface area contributed by atoms with Crippen LogP contribution >= 0.6 is 0 Å². The zero-order valence-corrected chi connectivity index (χ0v) is 12.1. The van der Waals surface area contributed by atoms with Crippen LogP contribution in [0.2, 0.25) is 0 Å². The van der Waals surface area contributed by atoms with Crippen molar-refractivity contribution in [2.45, 2.75) is 6.42 Å². The first-order valence-electron chi connectivity index (χ1n) is 7.41. The Morgan fingerprint density at radius 3 is 1.95 bits per heavy atom. The molecule has 1 radical (unpaired) electrons. The van der Waals surface area contributed by atoms with E-state index in [1.54, 1.807) is 0 Å². The van der Waals surface area contributed by atoms with Crippen molar-refractivity contribution in [3.8, 4) is 11.1 Å². The molecule has 0 saturated carbocycles. The molecule has 3 aromatic carbocycles. The van der Waals surface area contributed by atoms with Gasteiger partial charge in [0.05, 0.1) is 11.4 Å². The quantitative estimate of drug-likeness (QED) is 0.655. The largest absolute Gasteiger partial charge is 0.231 e. The third-order valence-corrected chi connectivity index (χ3v) is 3.80. The third-order valence-electron chi connectivity index (χ3n) is 3.80. The van der Waals surface area contributed by atoms with Crippen molar-refractivity contribution in [1.82, 2.24) is 5.32 Å². The number of hydrogen-bond donors (Lipinski definition) is 0. The average molecular weight is 283 g/mol. The summed E-state index contributed by atoms with van der Waals surface area (Å²) in [6.45, 7) is 0. The normalized spacial score (nSPS) is 12.5. The number of aliphatic imine (C=N–C) groups is 1. The molecule has 0 atom stereocenters. The van der Waals surface area contributed by atoms with Gasteiger partial charge in [0.2, 0.25) is 0 Å². The number of hydrogen-bond acceptors (Lipinski definition) is 1. The smallest absolute Gasteiger partial charge is 0.134 e. The summed E-state index contributed by atoms with van der Waals surface area (Å²) in [6.07, 6.45) is 0.768. The van der Waals surface area contributed by atoms with E-state index in [-0.39, 0.29) is 0 Å². The Balaban J connectivity index is 1.51. The predicted octanol–water partition coefficient (Wildman–Crippen LogP) is 4.88. The molecule has 2 heteroatoms. The predicted molar refractivity (Wildman–Crippen MR) is 90.9 cm³/mol. The first-order chi connectivity index (χ1) is 10.9. The highest BCUT2D eigenvalue weighted by molar-refractivity contribution is 5.97. The summed E-state index contributed by atoms with van der Waals surface area (Å²) < 4.78 is 0. The standard InChI is InChI=1S/C20H15N2/c1-2-6-16(7-3-1)17-12-10-15(11-13-17)14-20-21-18-8-4-5-9-19(18)22-20/h1-13H,14H2. The lowest BCUT2D eigenvalue weighted by Crippen LogP contribution is -2.09. The Morgan fingerprint density at radius 1 is 0.591 bits per heavy atom. The Bertz CT molecular complexity index is 818. The minimum atomic E-state index is 0.768. The van der Waals surface area contributed by atoms with Crippen LogP contribution in [0.5, 0.6) is 0 Å². The fourth-order valence-corrected chi connectivity index (χ4v) is 2.66. The van der Waals surface area contributed by atoms with Gasteiger partial charge in [-0.1, -0.05) is 66.7 Å². The molecule has 0 fully saturated rings. The molecule has 22 heavy (non-hydrogen) atoms. The SMILES string of the molecule is c1ccc(-c2ccc(CC3=Nc4ccccc4[N]3)cc2)cc1. The van der Waals surface area contributed by atoms with Crippen molar-refractivity contribution in [2.75, 3.05) is 0 Å². The second kappa shape index (κ2) is 5.49. The Morgan fingerprint density at radius 2 is 1.23 bits per heavy atom. The van der Waals surface area contributed by atoms with E-state index in [1.165, 1.54) is 16.7 Å². The second-order valence-corrected chi connectivity index (χ2v) is 5.37. The number of rotatable bonds is 3. The molecular weight excluding hydrogens is 268 g/mol. The van der Waals surface area contributed by atoms with E-state index in [2.05, 4.69) is 58.8 Å². The second-order valence-electron chi connectivity index (χ2n) is 5.37. The highest BCUT2D eigenvalue weighted by Gasteiger charge is 2.14. The molecule has 1 heterocycles. The first kappa shape index (κ1) is 12.8. The number of amidine groups is 1. The van der Waals surface area contributed by atoms with E-state index < -0.39 is 0 Å². The molecule has 0 bridgehead atoms. The van der Waals surface area contributed by atoms with Crippen LogP contribution in [0.15, 0.2) is 83.9 Å². The highest BCUT2D eigenvalue weighted by atomic mass is 15.1. The maximum atomic E-state index is 4.58. The fraction of sp³-hybridized carbons (Fsp3) is 0.0500. The Kier molecular flexibility index (Phi) is 3.20. The van der Waals surface area contributed by atoms with E-state index in [0.29, 0.717) is 0 Å². The molecular formula is C20H15N2. The molecule has 2 nitrogen and oxygen atoms in total. The summed E-state index contributed by atoms with van der Waals surface area (Å²) in [7, 11) is 0. The van der Waals surface area contributed by atoms with Gasteiger partial charge >= 0.3 is 0 Å². The van der Waals surface area contributed by atoms with Crippen LogP contribution < -0.4 is 5.32 Å². The first-order valence-corrected chi connectivity index (χ1v) is 7.41. The number of para-hydroxylation sites is 2. The molecule has 0 spiro atoms. The molecule has 0 unspecified atom stereocenters. The number of fused-ring (bicyclic) bond motifs is 1. The van der Waals surface area contributed by atoms with Gasteiger partial charge in [-0.25, -0.2) is 10.3 Å². The molecule has 0 saturated heterocycles. The summed E-state index contributed by atoms with van der Waals surface area (Å²) in [4.78, 5) is 4.58. The van der Waals surface area contributed by atoms with Gasteiger partial charge in [0.15, 0.2) is 0 Å². The number of benzene rings is 3. The van der Waals surface area contributed by atoms with E-state index in [0.717, 1.165) is 23.6 Å². The molecule has 4 rings (SSSR count). The van der Waals surface area contributed by atoms with Crippen LogP contribution in [0.1, 0.15) is 5.56 Å². The van der Waals surface area contributed by atoms with Gasteiger partial charge in [-0.05, 0) is 28.8 Å². The summed E-state index contributed by atoms with van der Waals surface area (Å²) in [5.74, 6) is 0.883. The van der Waals surface area contributed by atoms with E-state index >= 15 is 0 Å². The average Bonchev–Trinajstić information content (AvgIpc) is 2.98. The lowest BCUT2D eigenvalue weighted by molar-refractivity contribution is 1.20.